The van der Waals surface area contributed by atoms with Gasteiger partial charge in [-0.1, -0.05) is 37.3 Å². The number of hydrogen-bond acceptors (Lipinski definition) is 3. The van der Waals surface area contributed by atoms with E-state index in [2.05, 4.69) is 42.2 Å². The second kappa shape index (κ2) is 7.34. The molecular formula is C26H38N2O2. The van der Waals surface area contributed by atoms with Gasteiger partial charge in [-0.25, -0.2) is 0 Å². The molecule has 1 aromatic rings. The second-order valence-corrected chi connectivity index (χ2v) is 11.6. The summed E-state index contributed by atoms with van der Waals surface area (Å²) in [5.74, 6) is 0.0562. The zero-order chi connectivity index (χ0) is 21.0. The van der Waals surface area contributed by atoms with Gasteiger partial charge < -0.3 is 10.8 Å². The summed E-state index contributed by atoms with van der Waals surface area (Å²) >= 11 is 0. The smallest absolute Gasteiger partial charge is 0.309 e. The molecule has 6 unspecified atom stereocenters. The maximum atomic E-state index is 12.0. The molecule has 7 rings (SSSR count). The van der Waals surface area contributed by atoms with Crippen LogP contribution in [0.25, 0.3) is 0 Å². The van der Waals surface area contributed by atoms with Crippen molar-refractivity contribution in [1.82, 2.24) is 4.90 Å². The molecule has 30 heavy (non-hydrogen) atoms. The molecule has 4 aliphatic carbocycles. The van der Waals surface area contributed by atoms with E-state index < -0.39 is 11.4 Å². The van der Waals surface area contributed by atoms with Gasteiger partial charge in [-0.15, -0.1) is 0 Å². The number of piperidine rings is 1. The lowest BCUT2D eigenvalue weighted by atomic mass is 9.39. The van der Waals surface area contributed by atoms with Crippen LogP contribution in [0.4, 0.5) is 0 Å². The first-order valence-corrected chi connectivity index (χ1v) is 12.1. The summed E-state index contributed by atoms with van der Waals surface area (Å²) in [7, 11) is 0. The first-order chi connectivity index (χ1) is 14.3. The lowest BCUT2D eigenvalue weighted by Gasteiger charge is -2.64. The summed E-state index contributed by atoms with van der Waals surface area (Å²) in [5.41, 5.74) is 7.25. The number of benzene rings is 1. The summed E-state index contributed by atoms with van der Waals surface area (Å²) in [4.78, 5) is 14.5. The van der Waals surface area contributed by atoms with Crippen LogP contribution in [0.3, 0.4) is 0 Å². The zero-order valence-electron chi connectivity index (χ0n) is 18.5. The predicted molar refractivity (Wildman–Crippen MR) is 119 cm³/mol. The number of aliphatic carboxylic acids is 1. The molecule has 6 atom stereocenters. The number of fused-ring (bicyclic) bond motifs is 1. The van der Waals surface area contributed by atoms with Gasteiger partial charge in [0.2, 0.25) is 0 Å². The van der Waals surface area contributed by atoms with E-state index in [4.69, 9.17) is 5.73 Å². The normalized spacial score (nSPS) is 44.3. The van der Waals surface area contributed by atoms with E-state index in [0.29, 0.717) is 12.0 Å². The van der Waals surface area contributed by atoms with Crippen molar-refractivity contribution in [2.45, 2.75) is 88.6 Å². The van der Waals surface area contributed by atoms with Crippen LogP contribution in [0.15, 0.2) is 30.3 Å². The van der Waals surface area contributed by atoms with E-state index in [1.165, 1.54) is 63.6 Å². The number of nitrogens with two attached hydrogens (primary N) is 1. The van der Waals surface area contributed by atoms with Crippen molar-refractivity contribution in [3.05, 3.63) is 35.9 Å². The first kappa shape index (κ1) is 20.5. The summed E-state index contributed by atoms with van der Waals surface area (Å²) in [6.45, 7) is 4.93. The zero-order valence-corrected chi connectivity index (χ0v) is 18.5. The largest absolute Gasteiger partial charge is 0.481 e. The van der Waals surface area contributed by atoms with Gasteiger partial charge in [0.25, 0.3) is 0 Å². The van der Waals surface area contributed by atoms with E-state index >= 15 is 0 Å². The molecule has 6 aliphatic rings. The molecule has 0 amide bonds. The molecule has 164 valence electrons. The summed E-state index contributed by atoms with van der Waals surface area (Å²) in [6.07, 6.45) is 11.5. The molecule has 2 heterocycles. The van der Waals surface area contributed by atoms with Gasteiger partial charge in [0, 0.05) is 12.1 Å². The fourth-order valence-electron chi connectivity index (χ4n) is 8.61. The van der Waals surface area contributed by atoms with Crippen LogP contribution >= 0.6 is 0 Å². The number of carboxylic acids is 1. The van der Waals surface area contributed by atoms with Gasteiger partial charge in [0.1, 0.15) is 0 Å². The molecule has 2 aliphatic heterocycles. The minimum atomic E-state index is -0.548. The van der Waals surface area contributed by atoms with E-state index in [0.717, 1.165) is 25.3 Å². The molecule has 1 aromatic carbocycles. The summed E-state index contributed by atoms with van der Waals surface area (Å²) in [6, 6.07) is 11.9. The van der Waals surface area contributed by atoms with Crippen LogP contribution in [0.5, 0.6) is 0 Å². The minimum Gasteiger partial charge on any atom is -0.481 e. The van der Waals surface area contributed by atoms with Crippen molar-refractivity contribution in [1.29, 1.82) is 0 Å². The highest BCUT2D eigenvalue weighted by Crippen LogP contribution is 2.70. The third-order valence-electron chi connectivity index (χ3n) is 9.08. The Kier molecular flexibility index (Phi) is 5.02. The van der Waals surface area contributed by atoms with Crippen molar-refractivity contribution >= 4 is 5.97 Å². The van der Waals surface area contributed by atoms with Crippen LogP contribution in [-0.4, -0.2) is 41.1 Å². The van der Waals surface area contributed by atoms with Gasteiger partial charge in [0.05, 0.1) is 5.41 Å². The highest BCUT2D eigenvalue weighted by molar-refractivity contribution is 5.76. The van der Waals surface area contributed by atoms with E-state index in [1.807, 2.05) is 0 Å². The van der Waals surface area contributed by atoms with Gasteiger partial charge in [-0.3, -0.25) is 9.69 Å². The van der Waals surface area contributed by atoms with Gasteiger partial charge in [-0.05, 0) is 99.6 Å². The Morgan fingerprint density at radius 3 is 2.43 bits per heavy atom. The molecule has 3 N–H and O–H groups in total. The predicted octanol–water partition coefficient (Wildman–Crippen LogP) is 4.57. The molecule has 4 heteroatoms. The molecular weight excluding hydrogens is 372 g/mol. The Morgan fingerprint density at radius 1 is 1.03 bits per heavy atom. The molecule has 0 aromatic heterocycles. The molecule has 4 saturated carbocycles. The molecule has 2 saturated heterocycles. The van der Waals surface area contributed by atoms with Crippen LogP contribution in [0.1, 0.15) is 76.7 Å². The Hall–Kier alpha value is -1.39. The highest BCUT2D eigenvalue weighted by atomic mass is 16.4. The molecule has 0 radical (unpaired) electrons. The van der Waals surface area contributed by atoms with Crippen LogP contribution in [-0.2, 0) is 10.2 Å². The second-order valence-electron chi connectivity index (χ2n) is 11.6. The Labute approximate surface area is 181 Å². The number of nitrogens with zero attached hydrogens (tertiary/aromatic N) is 1. The number of carbonyl (C=O) groups is 1. The lowest BCUT2D eigenvalue weighted by Crippen LogP contribution is -2.60. The van der Waals surface area contributed by atoms with Crippen LogP contribution in [0.2, 0.25) is 0 Å². The van der Waals surface area contributed by atoms with Crippen molar-refractivity contribution in [3.63, 3.8) is 0 Å². The molecule has 0 spiro atoms. The minimum absolute atomic E-state index is 0.119. The number of rotatable bonds is 2. The maximum absolute atomic E-state index is 12.0. The number of carboxylic acid groups (broad SMARTS) is 1. The Morgan fingerprint density at radius 2 is 1.77 bits per heavy atom. The van der Waals surface area contributed by atoms with Crippen LogP contribution in [0, 0.1) is 16.7 Å². The van der Waals surface area contributed by atoms with Gasteiger partial charge in [-0.2, -0.15) is 0 Å². The molecule has 4 bridgehead atoms. The van der Waals surface area contributed by atoms with Crippen molar-refractivity contribution in [2.24, 2.45) is 22.5 Å². The number of hydrogen-bond donors (Lipinski definition) is 2. The molecule has 6 fully saturated rings. The third kappa shape index (κ3) is 3.40. The Bertz CT molecular complexity index is 797. The molecule has 4 nitrogen and oxygen atoms in total. The lowest BCUT2D eigenvalue weighted by molar-refractivity contribution is -0.176. The highest BCUT2D eigenvalue weighted by Gasteiger charge is 2.64. The van der Waals surface area contributed by atoms with Gasteiger partial charge >= 0.3 is 5.97 Å². The third-order valence-corrected chi connectivity index (χ3v) is 9.08. The van der Waals surface area contributed by atoms with Crippen molar-refractivity contribution in [2.75, 3.05) is 13.1 Å². The summed E-state index contributed by atoms with van der Waals surface area (Å²) in [5, 5.41) is 9.85. The topological polar surface area (TPSA) is 66.6 Å². The SMILES string of the molecule is CC12CC3CC(C(=O)O)(C1)CC(c1ccccc1)(C3)C2.NC1CCCN2CCCC12. The van der Waals surface area contributed by atoms with Crippen LogP contribution < -0.4 is 5.73 Å². The van der Waals surface area contributed by atoms with Crippen molar-refractivity contribution in [3.8, 4) is 0 Å². The van der Waals surface area contributed by atoms with Gasteiger partial charge in [0.15, 0.2) is 0 Å². The maximum Gasteiger partial charge on any atom is 0.309 e. The van der Waals surface area contributed by atoms with E-state index in [9.17, 15) is 9.90 Å². The monoisotopic (exact) mass is 410 g/mol. The quantitative estimate of drug-likeness (QED) is 0.749. The van der Waals surface area contributed by atoms with E-state index in [1.54, 1.807) is 0 Å². The first-order valence-electron chi connectivity index (χ1n) is 12.1. The Balaban J connectivity index is 0.000000161. The van der Waals surface area contributed by atoms with Crippen molar-refractivity contribution < 1.29 is 9.90 Å². The summed E-state index contributed by atoms with van der Waals surface area (Å²) < 4.78 is 0. The average Bonchev–Trinajstić information content (AvgIpc) is 3.18. The standard InChI is InChI=1S/C18H22O2.C8H16N2/c1-16-7-13-8-17(10-16,14-5-3-2-4-6-14)12-18(9-13,11-16)15(19)20;9-7-3-1-5-10-6-2-4-8(7)10/h2-6,13H,7-12H2,1H3,(H,19,20);7-8H,1-6,9H2. The fourth-order valence-corrected chi connectivity index (χ4v) is 8.61. The fraction of sp³-hybridized carbons (Fsp3) is 0.731. The average molecular weight is 411 g/mol. The van der Waals surface area contributed by atoms with E-state index in [-0.39, 0.29) is 10.8 Å².